The number of ether oxygens (including phenoxy) is 1. The maximum atomic E-state index is 13.3. The molecule has 1 N–H and O–H groups in total. The number of aryl methyl sites for hydroxylation is 1. The van der Waals surface area contributed by atoms with Crippen LogP contribution in [0.3, 0.4) is 0 Å². The molecule has 8 heteroatoms. The van der Waals surface area contributed by atoms with E-state index in [0.717, 1.165) is 37.7 Å². The Morgan fingerprint density at radius 2 is 1.97 bits per heavy atom. The Kier molecular flexibility index (Phi) is 6.76. The Bertz CT molecular complexity index is 1320. The molecule has 3 aromatic rings. The third-order valence-corrected chi connectivity index (χ3v) is 5.92. The molecule has 33 heavy (non-hydrogen) atoms. The van der Waals surface area contributed by atoms with Gasteiger partial charge >= 0.3 is 0 Å². The summed E-state index contributed by atoms with van der Waals surface area (Å²) in [7, 11) is 0. The molecule has 1 aliphatic carbocycles. The number of carbonyl (C=O) groups excluding carboxylic acids is 1. The minimum absolute atomic E-state index is 0.00911. The molecule has 0 radical (unpaired) electrons. The van der Waals surface area contributed by atoms with Crippen LogP contribution in [0.2, 0.25) is 5.02 Å². The van der Waals surface area contributed by atoms with Gasteiger partial charge in [0.1, 0.15) is 28.6 Å². The highest BCUT2D eigenvalue weighted by Gasteiger charge is 2.21. The molecule has 2 heterocycles. The molecule has 0 unspecified atom stereocenters. The van der Waals surface area contributed by atoms with Gasteiger partial charge in [-0.1, -0.05) is 36.9 Å². The van der Waals surface area contributed by atoms with Gasteiger partial charge < -0.3 is 10.1 Å². The number of nitrogens with zero attached hydrogens (tertiary/aromatic N) is 3. The van der Waals surface area contributed by atoms with Crippen molar-refractivity contribution in [2.24, 2.45) is 0 Å². The Morgan fingerprint density at radius 1 is 1.24 bits per heavy atom. The normalized spacial score (nSPS) is 14.6. The Labute approximate surface area is 196 Å². The summed E-state index contributed by atoms with van der Waals surface area (Å²) in [5.74, 6) is -0.0746. The van der Waals surface area contributed by atoms with Crippen LogP contribution in [0.5, 0.6) is 11.6 Å². The lowest BCUT2D eigenvalue weighted by Gasteiger charge is -2.22. The number of benzene rings is 1. The molecule has 1 aromatic carbocycles. The van der Waals surface area contributed by atoms with Crippen molar-refractivity contribution in [3.63, 3.8) is 0 Å². The van der Waals surface area contributed by atoms with Crippen molar-refractivity contribution in [3.8, 4) is 17.7 Å². The first-order valence-corrected chi connectivity index (χ1v) is 11.2. The van der Waals surface area contributed by atoms with Crippen LogP contribution in [-0.2, 0) is 4.79 Å². The number of hydrogen-bond acceptors (Lipinski definition) is 5. The molecule has 0 spiro atoms. The quantitative estimate of drug-likeness (QED) is 0.433. The fourth-order valence-corrected chi connectivity index (χ4v) is 4.04. The minimum Gasteiger partial charge on any atom is -0.438 e. The molecule has 1 saturated carbocycles. The second kappa shape index (κ2) is 9.88. The van der Waals surface area contributed by atoms with Crippen molar-refractivity contribution in [1.82, 2.24) is 14.7 Å². The van der Waals surface area contributed by atoms with E-state index >= 15 is 0 Å². The average molecular weight is 463 g/mol. The van der Waals surface area contributed by atoms with Gasteiger partial charge in [-0.15, -0.1) is 0 Å². The molecular weight excluding hydrogens is 440 g/mol. The van der Waals surface area contributed by atoms with E-state index in [4.69, 9.17) is 16.3 Å². The summed E-state index contributed by atoms with van der Waals surface area (Å²) in [6.45, 7) is 1.84. The number of hydrogen-bond donors (Lipinski definition) is 1. The van der Waals surface area contributed by atoms with Crippen molar-refractivity contribution >= 4 is 29.2 Å². The lowest BCUT2D eigenvalue weighted by molar-refractivity contribution is -0.117. The van der Waals surface area contributed by atoms with E-state index in [1.54, 1.807) is 36.5 Å². The van der Waals surface area contributed by atoms with E-state index in [-0.39, 0.29) is 23.1 Å². The summed E-state index contributed by atoms with van der Waals surface area (Å²) in [5, 5.41) is 13.1. The van der Waals surface area contributed by atoms with Crippen LogP contribution in [0.25, 0.3) is 11.7 Å². The van der Waals surface area contributed by atoms with E-state index in [9.17, 15) is 14.9 Å². The maximum Gasteiger partial charge on any atom is 0.269 e. The monoisotopic (exact) mass is 462 g/mol. The number of amides is 1. The van der Waals surface area contributed by atoms with Gasteiger partial charge in [0, 0.05) is 17.3 Å². The topological polar surface area (TPSA) is 96.5 Å². The zero-order valence-electron chi connectivity index (χ0n) is 18.2. The fourth-order valence-electron chi connectivity index (χ4n) is 3.91. The van der Waals surface area contributed by atoms with Crippen LogP contribution in [0.1, 0.15) is 43.2 Å². The summed E-state index contributed by atoms with van der Waals surface area (Å²) >= 11 is 5.96. The molecule has 0 aliphatic heterocycles. The molecule has 1 aliphatic rings. The molecule has 2 aromatic heterocycles. The minimum atomic E-state index is -0.504. The van der Waals surface area contributed by atoms with Gasteiger partial charge in [0.25, 0.3) is 11.5 Å². The van der Waals surface area contributed by atoms with Crippen LogP contribution in [0.15, 0.2) is 53.0 Å². The van der Waals surface area contributed by atoms with Crippen LogP contribution >= 0.6 is 11.6 Å². The standard InChI is InChI=1S/C25H23ClN4O3/c1-16-6-5-13-30-22(16)29-24(33-20-11-9-18(26)10-12-20)21(25(30)32)14-17(15-27)23(31)28-19-7-3-2-4-8-19/h5-6,9-14,19H,2-4,7-8H2,1H3,(H,28,31)/b17-14+. The number of pyridine rings is 1. The van der Waals surface area contributed by atoms with Gasteiger partial charge in [-0.25, -0.2) is 0 Å². The maximum absolute atomic E-state index is 13.3. The highest BCUT2D eigenvalue weighted by atomic mass is 35.5. The zero-order chi connectivity index (χ0) is 23.4. The predicted molar refractivity (Wildman–Crippen MR) is 126 cm³/mol. The molecule has 4 rings (SSSR count). The van der Waals surface area contributed by atoms with Gasteiger partial charge in [-0.2, -0.15) is 10.2 Å². The average Bonchev–Trinajstić information content (AvgIpc) is 2.82. The number of carbonyl (C=O) groups is 1. The van der Waals surface area contributed by atoms with E-state index in [0.29, 0.717) is 16.4 Å². The number of rotatable bonds is 5. The van der Waals surface area contributed by atoms with Gasteiger partial charge in [-0.3, -0.25) is 14.0 Å². The Balaban J connectivity index is 1.79. The highest BCUT2D eigenvalue weighted by molar-refractivity contribution is 6.30. The van der Waals surface area contributed by atoms with Gasteiger partial charge in [0.05, 0.1) is 0 Å². The number of halogens is 1. The summed E-state index contributed by atoms with van der Waals surface area (Å²) in [6, 6.07) is 12.1. The molecule has 168 valence electrons. The molecule has 7 nitrogen and oxygen atoms in total. The molecule has 0 bridgehead atoms. The van der Waals surface area contributed by atoms with Crippen molar-refractivity contribution in [3.05, 3.63) is 74.7 Å². The summed E-state index contributed by atoms with van der Waals surface area (Å²) in [5.41, 5.74) is 0.609. The number of aromatic nitrogens is 2. The summed E-state index contributed by atoms with van der Waals surface area (Å²) in [6.07, 6.45) is 7.86. The molecule has 0 atom stereocenters. The van der Waals surface area contributed by atoms with Crippen molar-refractivity contribution in [1.29, 1.82) is 5.26 Å². The van der Waals surface area contributed by atoms with Crippen LogP contribution < -0.4 is 15.6 Å². The largest absolute Gasteiger partial charge is 0.438 e. The van der Waals surface area contributed by atoms with Crippen LogP contribution in [0.4, 0.5) is 0 Å². The SMILES string of the molecule is Cc1cccn2c(=O)c(/C=C(\C#N)C(=O)NC3CCCCC3)c(Oc3ccc(Cl)cc3)nc12. The van der Waals surface area contributed by atoms with Crippen molar-refractivity contribution < 1.29 is 9.53 Å². The van der Waals surface area contributed by atoms with E-state index in [1.165, 1.54) is 10.5 Å². The number of nitriles is 1. The van der Waals surface area contributed by atoms with Crippen LogP contribution in [0, 0.1) is 18.3 Å². The Morgan fingerprint density at radius 3 is 2.67 bits per heavy atom. The smallest absolute Gasteiger partial charge is 0.269 e. The second-order valence-electron chi connectivity index (χ2n) is 8.05. The van der Waals surface area contributed by atoms with E-state index < -0.39 is 11.5 Å². The van der Waals surface area contributed by atoms with Crippen molar-refractivity contribution in [2.45, 2.75) is 45.1 Å². The van der Waals surface area contributed by atoms with Gasteiger partial charge in [0.15, 0.2) is 0 Å². The second-order valence-corrected chi connectivity index (χ2v) is 8.49. The first-order chi connectivity index (χ1) is 16.0. The zero-order valence-corrected chi connectivity index (χ0v) is 18.9. The van der Waals surface area contributed by atoms with Crippen molar-refractivity contribution in [2.75, 3.05) is 0 Å². The third kappa shape index (κ3) is 5.07. The lowest BCUT2D eigenvalue weighted by atomic mass is 9.95. The van der Waals surface area contributed by atoms with E-state index in [2.05, 4.69) is 10.3 Å². The predicted octanol–water partition coefficient (Wildman–Crippen LogP) is 4.80. The van der Waals surface area contributed by atoms with Gasteiger partial charge in [-0.05, 0) is 61.7 Å². The molecule has 1 fully saturated rings. The highest BCUT2D eigenvalue weighted by Crippen LogP contribution is 2.26. The Hall–Kier alpha value is -3.63. The molecule has 1 amide bonds. The molecule has 0 saturated heterocycles. The summed E-state index contributed by atoms with van der Waals surface area (Å²) < 4.78 is 7.29. The van der Waals surface area contributed by atoms with Crippen LogP contribution in [-0.4, -0.2) is 21.3 Å². The third-order valence-electron chi connectivity index (χ3n) is 5.67. The fraction of sp³-hybridized carbons (Fsp3) is 0.280. The number of nitrogens with one attached hydrogen (secondary N) is 1. The van der Waals surface area contributed by atoms with Gasteiger partial charge in [0.2, 0.25) is 5.88 Å². The first kappa shape index (κ1) is 22.6. The van der Waals surface area contributed by atoms with E-state index in [1.807, 2.05) is 19.1 Å². The lowest BCUT2D eigenvalue weighted by Crippen LogP contribution is -2.36. The summed E-state index contributed by atoms with van der Waals surface area (Å²) in [4.78, 5) is 30.7. The number of fused-ring (bicyclic) bond motifs is 1. The first-order valence-electron chi connectivity index (χ1n) is 10.8. The molecular formula is C25H23ClN4O3.